The molecule has 0 aliphatic carbocycles. The molecule has 1 fully saturated rings. The molecule has 0 saturated carbocycles. The predicted molar refractivity (Wildman–Crippen MR) is 90.1 cm³/mol. The molecule has 0 bridgehead atoms. The first-order chi connectivity index (χ1) is 11.3. The third kappa shape index (κ3) is 3.90. The van der Waals surface area contributed by atoms with Crippen LogP contribution in [0.3, 0.4) is 0 Å². The fourth-order valence-electron chi connectivity index (χ4n) is 2.58. The Labute approximate surface area is 136 Å². The summed E-state index contributed by atoms with van der Waals surface area (Å²) in [6, 6.07) is 9.93. The van der Waals surface area contributed by atoms with E-state index in [0.29, 0.717) is 6.54 Å². The molecule has 23 heavy (non-hydrogen) atoms. The van der Waals surface area contributed by atoms with Gasteiger partial charge in [-0.25, -0.2) is 4.98 Å². The van der Waals surface area contributed by atoms with Gasteiger partial charge in [0.15, 0.2) is 0 Å². The third-order valence-electron chi connectivity index (χ3n) is 3.79. The van der Waals surface area contributed by atoms with Crippen LogP contribution < -0.4 is 15.0 Å². The van der Waals surface area contributed by atoms with Gasteiger partial charge >= 0.3 is 0 Å². The molecule has 1 aliphatic heterocycles. The van der Waals surface area contributed by atoms with E-state index >= 15 is 0 Å². The van der Waals surface area contributed by atoms with Crippen LogP contribution in [-0.2, 0) is 11.3 Å². The van der Waals surface area contributed by atoms with E-state index in [4.69, 9.17) is 9.47 Å². The molecule has 1 aliphatic rings. The maximum absolute atomic E-state index is 5.39. The minimum absolute atomic E-state index is 0.656. The molecule has 0 amide bonds. The molecule has 0 spiro atoms. The zero-order valence-corrected chi connectivity index (χ0v) is 13.6. The highest BCUT2D eigenvalue weighted by Gasteiger charge is 2.15. The van der Waals surface area contributed by atoms with Gasteiger partial charge < -0.3 is 19.7 Å². The summed E-state index contributed by atoms with van der Waals surface area (Å²) in [5, 5.41) is 3.37. The van der Waals surface area contributed by atoms with Crippen molar-refractivity contribution in [2.75, 3.05) is 43.6 Å². The number of morpholine rings is 1. The molecule has 1 aromatic heterocycles. The number of hydrogen-bond acceptors (Lipinski definition) is 6. The highest BCUT2D eigenvalue weighted by Crippen LogP contribution is 2.20. The smallest absolute Gasteiger partial charge is 0.227 e. The lowest BCUT2D eigenvalue weighted by Crippen LogP contribution is -2.37. The number of aryl methyl sites for hydroxylation is 1. The number of nitrogens with zero attached hydrogens (tertiary/aromatic N) is 3. The molecule has 1 aromatic carbocycles. The van der Waals surface area contributed by atoms with Gasteiger partial charge in [0.1, 0.15) is 11.6 Å². The highest BCUT2D eigenvalue weighted by molar-refractivity contribution is 5.45. The lowest BCUT2D eigenvalue weighted by molar-refractivity contribution is 0.122. The van der Waals surface area contributed by atoms with E-state index in [1.54, 1.807) is 7.11 Å². The van der Waals surface area contributed by atoms with E-state index in [-0.39, 0.29) is 0 Å². The van der Waals surface area contributed by atoms with Crippen molar-refractivity contribution in [2.24, 2.45) is 0 Å². The quantitative estimate of drug-likeness (QED) is 0.913. The molecular formula is C17H22N4O2. The maximum atomic E-state index is 5.39. The molecule has 6 nitrogen and oxygen atoms in total. The second-order valence-corrected chi connectivity index (χ2v) is 5.46. The minimum atomic E-state index is 0.656. The van der Waals surface area contributed by atoms with Gasteiger partial charge in [-0.1, -0.05) is 18.2 Å². The molecular weight excluding hydrogens is 292 g/mol. The van der Waals surface area contributed by atoms with Gasteiger partial charge in [0.25, 0.3) is 0 Å². The molecule has 1 N–H and O–H groups in total. The van der Waals surface area contributed by atoms with E-state index in [9.17, 15) is 0 Å². The van der Waals surface area contributed by atoms with Crippen LogP contribution in [0.1, 0.15) is 11.3 Å². The summed E-state index contributed by atoms with van der Waals surface area (Å²) in [4.78, 5) is 11.3. The largest absolute Gasteiger partial charge is 0.496 e. The van der Waals surface area contributed by atoms with Crippen molar-refractivity contribution in [2.45, 2.75) is 13.5 Å². The van der Waals surface area contributed by atoms with Crippen LogP contribution in [0.15, 0.2) is 30.3 Å². The Morgan fingerprint density at radius 2 is 2.00 bits per heavy atom. The summed E-state index contributed by atoms with van der Waals surface area (Å²) < 4.78 is 10.8. The lowest BCUT2D eigenvalue weighted by Gasteiger charge is -2.27. The lowest BCUT2D eigenvalue weighted by atomic mass is 10.2. The molecule has 6 heteroatoms. The second kappa shape index (κ2) is 7.28. The summed E-state index contributed by atoms with van der Waals surface area (Å²) in [6.07, 6.45) is 0. The third-order valence-corrected chi connectivity index (χ3v) is 3.79. The Morgan fingerprint density at radius 3 is 2.78 bits per heavy atom. The zero-order valence-electron chi connectivity index (χ0n) is 13.6. The fourth-order valence-corrected chi connectivity index (χ4v) is 2.58. The van der Waals surface area contributed by atoms with Crippen molar-refractivity contribution in [3.05, 3.63) is 41.6 Å². The maximum Gasteiger partial charge on any atom is 0.227 e. The molecule has 0 unspecified atom stereocenters. The van der Waals surface area contributed by atoms with Crippen molar-refractivity contribution in [3.8, 4) is 5.75 Å². The number of ether oxygens (including phenoxy) is 2. The Kier molecular flexibility index (Phi) is 4.92. The molecule has 3 rings (SSSR count). The summed E-state index contributed by atoms with van der Waals surface area (Å²) >= 11 is 0. The number of para-hydroxylation sites is 1. The van der Waals surface area contributed by atoms with Crippen molar-refractivity contribution in [1.82, 2.24) is 9.97 Å². The number of methoxy groups -OCH3 is 1. The van der Waals surface area contributed by atoms with Crippen molar-refractivity contribution in [3.63, 3.8) is 0 Å². The molecule has 2 aromatic rings. The van der Waals surface area contributed by atoms with Crippen molar-refractivity contribution < 1.29 is 9.47 Å². The van der Waals surface area contributed by atoms with Crippen molar-refractivity contribution in [1.29, 1.82) is 0 Å². The van der Waals surface area contributed by atoms with Crippen LogP contribution in [0.5, 0.6) is 5.75 Å². The molecule has 122 valence electrons. The fraction of sp³-hybridized carbons (Fsp3) is 0.412. The molecule has 0 atom stereocenters. The van der Waals surface area contributed by atoms with Gasteiger partial charge in [-0.05, 0) is 13.0 Å². The Balaban J connectivity index is 1.73. The van der Waals surface area contributed by atoms with Gasteiger partial charge in [-0.2, -0.15) is 4.98 Å². The van der Waals surface area contributed by atoms with Gasteiger partial charge in [-0.3, -0.25) is 0 Å². The number of aromatic nitrogens is 2. The highest BCUT2D eigenvalue weighted by atomic mass is 16.5. The average Bonchev–Trinajstić information content (AvgIpc) is 2.60. The number of nitrogens with one attached hydrogen (secondary N) is 1. The minimum Gasteiger partial charge on any atom is -0.496 e. The van der Waals surface area contributed by atoms with E-state index in [1.165, 1.54) is 0 Å². The van der Waals surface area contributed by atoms with Crippen LogP contribution in [0, 0.1) is 6.92 Å². The summed E-state index contributed by atoms with van der Waals surface area (Å²) in [5.41, 5.74) is 2.04. The number of benzene rings is 1. The molecule has 0 radical (unpaired) electrons. The van der Waals surface area contributed by atoms with Crippen LogP contribution in [0.4, 0.5) is 11.8 Å². The van der Waals surface area contributed by atoms with Crippen LogP contribution in [0.25, 0.3) is 0 Å². The summed E-state index contributed by atoms with van der Waals surface area (Å²) in [5.74, 6) is 2.46. The number of hydrogen-bond donors (Lipinski definition) is 1. The number of anilines is 2. The van der Waals surface area contributed by atoms with E-state index in [0.717, 1.165) is 55.1 Å². The van der Waals surface area contributed by atoms with Gasteiger partial charge in [0.05, 0.1) is 20.3 Å². The number of rotatable bonds is 5. The van der Waals surface area contributed by atoms with Crippen LogP contribution >= 0.6 is 0 Å². The normalized spacial score (nSPS) is 14.6. The Morgan fingerprint density at radius 1 is 1.22 bits per heavy atom. The van der Waals surface area contributed by atoms with Crippen LogP contribution in [0.2, 0.25) is 0 Å². The standard InChI is InChI=1S/C17H22N4O2/c1-13-11-16(18-12-14-5-3-4-6-15(14)22-2)20-17(19-13)21-7-9-23-10-8-21/h3-6,11H,7-10,12H2,1-2H3,(H,18,19,20). The van der Waals surface area contributed by atoms with E-state index in [2.05, 4.69) is 20.2 Å². The predicted octanol–water partition coefficient (Wildman–Crippen LogP) is 2.24. The molecule has 2 heterocycles. The van der Waals surface area contributed by atoms with Crippen LogP contribution in [-0.4, -0.2) is 43.4 Å². The monoisotopic (exact) mass is 314 g/mol. The SMILES string of the molecule is COc1ccccc1CNc1cc(C)nc(N2CCOCC2)n1. The molecule has 1 saturated heterocycles. The van der Waals surface area contributed by atoms with Gasteiger partial charge in [0, 0.05) is 37.0 Å². The Hall–Kier alpha value is -2.34. The topological polar surface area (TPSA) is 59.5 Å². The van der Waals surface area contributed by atoms with Gasteiger partial charge in [0.2, 0.25) is 5.95 Å². The zero-order chi connectivity index (χ0) is 16.1. The van der Waals surface area contributed by atoms with E-state index in [1.807, 2.05) is 37.3 Å². The van der Waals surface area contributed by atoms with Gasteiger partial charge in [-0.15, -0.1) is 0 Å². The van der Waals surface area contributed by atoms with Crippen molar-refractivity contribution >= 4 is 11.8 Å². The first kappa shape index (κ1) is 15.6. The second-order valence-electron chi connectivity index (χ2n) is 5.46. The summed E-state index contributed by atoms with van der Waals surface area (Å²) in [7, 11) is 1.68. The van der Waals surface area contributed by atoms with E-state index < -0.39 is 0 Å². The Bertz CT molecular complexity index is 657. The first-order valence-corrected chi connectivity index (χ1v) is 7.80. The average molecular weight is 314 g/mol. The summed E-state index contributed by atoms with van der Waals surface area (Å²) in [6.45, 7) is 5.75. The first-order valence-electron chi connectivity index (χ1n) is 7.80.